The van der Waals surface area contributed by atoms with Gasteiger partial charge in [0, 0.05) is 90.9 Å². The molecule has 1 aliphatic carbocycles. The lowest BCUT2D eigenvalue weighted by molar-refractivity contribution is -0.136. The Labute approximate surface area is 591 Å². The maximum Gasteiger partial charge on any atom is 0.501 e. The molecule has 5 amide bonds. The molecule has 29 heteroatoms. The first-order chi connectivity index (χ1) is 47.8. The summed E-state index contributed by atoms with van der Waals surface area (Å²) in [5, 5.41) is 17.5. The van der Waals surface area contributed by atoms with Crippen LogP contribution in [0.4, 0.5) is 30.2 Å². The van der Waals surface area contributed by atoms with Crippen LogP contribution in [0.2, 0.25) is 5.02 Å². The molecule has 2 atom stereocenters. The first-order valence-electron chi connectivity index (χ1n) is 33.6. The number of aromatic nitrogens is 3. The molecule has 6 aromatic rings. The molecule has 0 saturated carbocycles. The number of sulfonamides is 1. The number of piperidine rings is 1. The second kappa shape index (κ2) is 33.9. The molecule has 2 fully saturated rings. The van der Waals surface area contributed by atoms with Crippen molar-refractivity contribution in [2.75, 3.05) is 101 Å². The number of aryl methyl sites for hydroxylation is 1. The molecule has 2 saturated heterocycles. The number of imide groups is 2. The van der Waals surface area contributed by atoms with Gasteiger partial charge in [-0.25, -0.2) is 21.6 Å². The minimum atomic E-state index is -6.13. The number of hydrogen-bond donors (Lipinski definition) is 4. The SMILES string of the molecule is CN(CCCCCCCn1cc(COCCOCCNc2cccc3c2C(=O)N(C2CCC(=O)NC2=O)C3=O)nn1)CCC(CSc1ccccc1)Nc1ccc(S(=O)(=O)NC(=O)c2ccc(N3CCN(CC4=C(c5ccc(Cl)cc5)CCC(C)(C)C4)CC3)cc2)cc1S(=O)(=O)C(F)(F)F. The average molecular weight is 1460 g/mol. The minimum absolute atomic E-state index is 0.0238. The molecule has 0 radical (unpaired) electrons. The molecule has 4 heterocycles. The predicted octanol–water partition coefficient (Wildman–Crippen LogP) is 10.7. The highest BCUT2D eigenvalue weighted by molar-refractivity contribution is 7.99. The smallest absolute Gasteiger partial charge is 0.382 e. The van der Waals surface area contributed by atoms with E-state index in [-0.39, 0.29) is 54.8 Å². The van der Waals surface area contributed by atoms with Gasteiger partial charge in [-0.15, -0.1) is 16.9 Å². The monoisotopic (exact) mass is 1460 g/mol. The minimum Gasteiger partial charge on any atom is -0.382 e. The number of allylic oxidation sites excluding steroid dienone is 1. The quantitative estimate of drug-likeness (QED) is 0.0166. The van der Waals surface area contributed by atoms with Gasteiger partial charge in [0.25, 0.3) is 37.6 Å². The van der Waals surface area contributed by atoms with Gasteiger partial charge in [0.2, 0.25) is 11.8 Å². The van der Waals surface area contributed by atoms with E-state index >= 15 is 0 Å². The van der Waals surface area contributed by atoms with Crippen LogP contribution in [0.5, 0.6) is 0 Å². The number of sulfone groups is 1. The highest BCUT2D eigenvalue weighted by atomic mass is 35.5. The molecule has 10 rings (SSSR count). The Balaban J connectivity index is 0.644. The number of hydrogen-bond acceptors (Lipinski definition) is 19. The highest BCUT2D eigenvalue weighted by Crippen LogP contribution is 2.43. The number of thioether (sulfide) groups is 1. The number of ether oxygens (including phenoxy) is 2. The number of benzene rings is 5. The molecule has 22 nitrogen and oxygen atoms in total. The normalized spacial score (nSPS) is 17.2. The Bertz CT molecular complexity index is 4140. The van der Waals surface area contributed by atoms with Crippen molar-refractivity contribution in [1.29, 1.82) is 0 Å². The number of nitrogens with one attached hydrogen (secondary N) is 4. The lowest BCUT2D eigenvalue weighted by Gasteiger charge is -2.39. The van der Waals surface area contributed by atoms with Crippen LogP contribution in [-0.4, -0.2) is 179 Å². The second-order valence-electron chi connectivity index (χ2n) is 26.3. The fourth-order valence-electron chi connectivity index (χ4n) is 12.8. The number of carbonyl (C=O) groups excluding carboxylic acids is 5. The number of nitrogens with zero attached hydrogens (tertiary/aromatic N) is 7. The summed E-state index contributed by atoms with van der Waals surface area (Å²) in [5.41, 5.74) is 0.254. The van der Waals surface area contributed by atoms with Gasteiger partial charge < -0.3 is 29.9 Å². The first kappa shape index (κ1) is 75.0. The van der Waals surface area contributed by atoms with Gasteiger partial charge in [-0.1, -0.05) is 91.9 Å². The van der Waals surface area contributed by atoms with Crippen LogP contribution in [0.3, 0.4) is 0 Å². The molecule has 3 aliphatic heterocycles. The number of amides is 5. The van der Waals surface area contributed by atoms with Gasteiger partial charge in [-0.2, -0.15) is 13.2 Å². The maximum atomic E-state index is 14.5. The summed E-state index contributed by atoms with van der Waals surface area (Å²) in [6.45, 7) is 11.8. The fraction of sp³-hybridized carbons (Fsp3) is 0.451. The molecule has 2 unspecified atom stereocenters. The zero-order valence-electron chi connectivity index (χ0n) is 56.2. The van der Waals surface area contributed by atoms with Crippen molar-refractivity contribution >= 4 is 95.4 Å². The molecule has 4 N–H and O–H groups in total. The van der Waals surface area contributed by atoms with Crippen molar-refractivity contribution in [2.24, 2.45) is 5.41 Å². The summed E-state index contributed by atoms with van der Waals surface area (Å²) in [6, 6.07) is 29.4. The van der Waals surface area contributed by atoms with E-state index in [1.165, 1.54) is 46.7 Å². The zero-order chi connectivity index (χ0) is 71.2. The number of unbranched alkanes of at least 4 members (excludes halogenated alkanes) is 4. The summed E-state index contributed by atoms with van der Waals surface area (Å²) in [4.78, 5) is 70.6. The van der Waals surface area contributed by atoms with Crippen molar-refractivity contribution in [1.82, 2.24) is 39.7 Å². The summed E-state index contributed by atoms with van der Waals surface area (Å²) < 4.78 is 113. The van der Waals surface area contributed by atoms with E-state index in [0.29, 0.717) is 74.0 Å². The number of rotatable bonds is 34. The Hall–Kier alpha value is -7.70. The van der Waals surface area contributed by atoms with E-state index in [1.54, 1.807) is 28.9 Å². The Kier molecular flexibility index (Phi) is 25.4. The molecule has 536 valence electrons. The van der Waals surface area contributed by atoms with Gasteiger partial charge >= 0.3 is 5.51 Å². The Morgan fingerprint density at radius 1 is 0.820 bits per heavy atom. The summed E-state index contributed by atoms with van der Waals surface area (Å²) in [5.74, 6) is -3.02. The van der Waals surface area contributed by atoms with Crippen LogP contribution in [0.15, 0.2) is 142 Å². The number of alkyl halides is 3. The van der Waals surface area contributed by atoms with E-state index < -0.39 is 82.5 Å². The number of carbonyl (C=O) groups is 5. The van der Waals surface area contributed by atoms with Crippen molar-refractivity contribution in [3.63, 3.8) is 0 Å². The van der Waals surface area contributed by atoms with E-state index in [9.17, 15) is 54.0 Å². The molecule has 5 aromatic carbocycles. The average Bonchev–Trinajstić information content (AvgIpc) is 1.30. The van der Waals surface area contributed by atoms with Gasteiger partial charge in [-0.3, -0.25) is 43.8 Å². The van der Waals surface area contributed by atoms with Crippen LogP contribution in [0.25, 0.3) is 5.57 Å². The standard InChI is InChI=1S/C71H85ClF3N11O11S3/c1-70(2)31-29-58(49-17-21-52(72)22-18-49)51(44-70)45-83-36-38-84(39-37-83)55-23-19-50(20-24-55)66(88)80-100(94,95)57-25-26-60(63(43-57)99(92,93)71(73,74)75)77-53(48-98-56-13-8-7-9-14-56)30-35-82(3)33-10-5-4-6-11-34-85-46-54(79-81-85)47-97-42-41-96-40-32-76-61-16-12-15-59-65(61)69(91)86(68(59)90)62-27-28-64(87)78-67(62)89/h7-9,12-26,43,46,53,62,76-77H,4-6,10-11,27-42,44-45,47-48H2,1-3H3,(H,80,88)(H,78,87,89). The van der Waals surface area contributed by atoms with Gasteiger partial charge in [0.05, 0.1) is 54.3 Å². The fourth-order valence-corrected chi connectivity index (χ4v) is 16.0. The van der Waals surface area contributed by atoms with Crippen molar-refractivity contribution in [2.45, 2.75) is 130 Å². The van der Waals surface area contributed by atoms with Crippen LogP contribution in [-0.2, 0) is 52.1 Å². The van der Waals surface area contributed by atoms with Crippen molar-refractivity contribution in [3.05, 3.63) is 160 Å². The molecular weight excluding hydrogens is 1370 g/mol. The third-order valence-electron chi connectivity index (χ3n) is 18.3. The van der Waals surface area contributed by atoms with Gasteiger partial charge in [0.15, 0.2) is 0 Å². The second-order valence-corrected chi connectivity index (χ2v) is 31.5. The zero-order valence-corrected chi connectivity index (χ0v) is 59.4. The van der Waals surface area contributed by atoms with Gasteiger partial charge in [0.1, 0.15) is 16.6 Å². The van der Waals surface area contributed by atoms with E-state index in [0.717, 1.165) is 105 Å². The maximum absolute atomic E-state index is 14.5. The molecule has 0 spiro atoms. The molecular formula is C71H85ClF3N11O11S3. The summed E-state index contributed by atoms with van der Waals surface area (Å²) >= 11 is 7.65. The number of fused-ring (bicyclic) bond motifs is 1. The highest BCUT2D eigenvalue weighted by Gasteiger charge is 2.49. The molecule has 0 bridgehead atoms. The number of halogens is 4. The van der Waals surface area contributed by atoms with Crippen molar-refractivity contribution in [3.8, 4) is 0 Å². The number of piperazine rings is 1. The Morgan fingerprint density at radius 2 is 1.55 bits per heavy atom. The topological polar surface area (TPSA) is 264 Å². The van der Waals surface area contributed by atoms with Gasteiger partial charge in [-0.05, 0) is 160 Å². The molecule has 4 aliphatic rings. The van der Waals surface area contributed by atoms with Crippen LogP contribution < -0.4 is 25.6 Å². The summed E-state index contributed by atoms with van der Waals surface area (Å²) in [6.07, 6.45) is 10.0. The summed E-state index contributed by atoms with van der Waals surface area (Å²) in [7, 11) is -9.10. The van der Waals surface area contributed by atoms with Crippen LogP contribution in [0, 0.1) is 5.41 Å². The van der Waals surface area contributed by atoms with Crippen molar-refractivity contribution < 1.29 is 63.5 Å². The lowest BCUT2D eigenvalue weighted by atomic mass is 9.73. The van der Waals surface area contributed by atoms with E-state index in [2.05, 4.69) is 66.9 Å². The molecule has 1 aromatic heterocycles. The lowest BCUT2D eigenvalue weighted by Crippen LogP contribution is -2.54. The third-order valence-corrected chi connectivity index (χ3v) is 22.6. The largest absolute Gasteiger partial charge is 0.501 e. The van der Waals surface area contributed by atoms with Crippen LogP contribution >= 0.6 is 23.4 Å². The predicted molar refractivity (Wildman–Crippen MR) is 377 cm³/mol. The Morgan fingerprint density at radius 3 is 2.29 bits per heavy atom. The van der Waals surface area contributed by atoms with E-state index in [4.69, 9.17) is 21.1 Å². The molecule has 100 heavy (non-hydrogen) atoms. The van der Waals surface area contributed by atoms with Crippen LogP contribution in [0.1, 0.15) is 127 Å². The third kappa shape index (κ3) is 19.7. The number of anilines is 3. The van der Waals surface area contributed by atoms with E-state index in [1.807, 2.05) is 60.4 Å². The first-order valence-corrected chi connectivity index (χ1v) is 38.0.